The van der Waals surface area contributed by atoms with Gasteiger partial charge < -0.3 is 15.1 Å². The van der Waals surface area contributed by atoms with Gasteiger partial charge in [-0.1, -0.05) is 12.1 Å². The number of carbonyl (C=O) groups excluding carboxylic acids is 1. The SMILES string of the molecule is CCNC(=NCc1ccc(C#N)cc1)N1CCN(c2cnn(C)c2)C(=O)C1.I. The first-order valence-electron chi connectivity index (χ1n) is 8.92. The number of nitriles is 1. The first kappa shape index (κ1) is 21.7. The van der Waals surface area contributed by atoms with Crippen molar-refractivity contribution in [2.24, 2.45) is 12.0 Å². The fourth-order valence-electron chi connectivity index (χ4n) is 2.95. The molecule has 1 amide bonds. The molecule has 0 unspecified atom stereocenters. The molecular weight excluding hydrogens is 469 g/mol. The van der Waals surface area contributed by atoms with E-state index < -0.39 is 0 Å². The van der Waals surface area contributed by atoms with Crippen molar-refractivity contribution in [3.63, 3.8) is 0 Å². The van der Waals surface area contributed by atoms with Gasteiger partial charge in [0.2, 0.25) is 5.91 Å². The largest absolute Gasteiger partial charge is 0.356 e. The predicted octanol–water partition coefficient (Wildman–Crippen LogP) is 1.72. The van der Waals surface area contributed by atoms with Crippen LogP contribution in [-0.2, 0) is 18.4 Å². The van der Waals surface area contributed by atoms with Crippen LogP contribution in [0.15, 0.2) is 41.7 Å². The minimum atomic E-state index is 0. The lowest BCUT2D eigenvalue weighted by atomic mass is 10.1. The van der Waals surface area contributed by atoms with Gasteiger partial charge >= 0.3 is 0 Å². The van der Waals surface area contributed by atoms with E-state index in [1.807, 2.05) is 37.2 Å². The number of nitrogens with one attached hydrogen (secondary N) is 1. The van der Waals surface area contributed by atoms with Gasteiger partial charge in [-0.05, 0) is 24.6 Å². The molecule has 0 radical (unpaired) electrons. The number of nitrogens with zero attached hydrogens (tertiary/aromatic N) is 6. The minimum Gasteiger partial charge on any atom is -0.356 e. The Balaban J connectivity index is 0.00000280. The van der Waals surface area contributed by atoms with Crippen molar-refractivity contribution in [1.29, 1.82) is 5.26 Å². The fraction of sp³-hybridized carbons (Fsp3) is 0.368. The molecule has 2 aromatic rings. The Kier molecular flexibility index (Phi) is 7.80. The van der Waals surface area contributed by atoms with Crippen molar-refractivity contribution >= 4 is 41.5 Å². The van der Waals surface area contributed by atoms with Crippen LogP contribution in [0.25, 0.3) is 0 Å². The molecule has 1 aliphatic rings. The second-order valence-electron chi connectivity index (χ2n) is 6.32. The summed E-state index contributed by atoms with van der Waals surface area (Å²) in [5, 5.41) is 16.3. The Morgan fingerprint density at radius 3 is 2.64 bits per heavy atom. The molecule has 1 aromatic heterocycles. The molecule has 0 saturated carbocycles. The van der Waals surface area contributed by atoms with Crippen molar-refractivity contribution in [3.05, 3.63) is 47.8 Å². The summed E-state index contributed by atoms with van der Waals surface area (Å²) in [6, 6.07) is 9.48. The highest BCUT2D eigenvalue weighted by atomic mass is 127. The Morgan fingerprint density at radius 1 is 1.32 bits per heavy atom. The van der Waals surface area contributed by atoms with Gasteiger partial charge in [-0.25, -0.2) is 4.99 Å². The summed E-state index contributed by atoms with van der Waals surface area (Å²) in [4.78, 5) is 21.0. The maximum absolute atomic E-state index is 12.6. The van der Waals surface area contributed by atoms with Crippen molar-refractivity contribution < 1.29 is 4.79 Å². The highest BCUT2D eigenvalue weighted by Crippen LogP contribution is 2.16. The van der Waals surface area contributed by atoms with E-state index in [4.69, 9.17) is 5.26 Å². The van der Waals surface area contributed by atoms with Crippen LogP contribution < -0.4 is 10.2 Å². The number of halogens is 1. The topological polar surface area (TPSA) is 89.6 Å². The molecule has 8 nitrogen and oxygen atoms in total. The Hall–Kier alpha value is -2.61. The quantitative estimate of drug-likeness (QED) is 0.398. The van der Waals surface area contributed by atoms with Crippen molar-refractivity contribution in [3.8, 4) is 6.07 Å². The number of benzene rings is 1. The summed E-state index contributed by atoms with van der Waals surface area (Å²) >= 11 is 0. The van der Waals surface area contributed by atoms with Crippen LogP contribution in [0.1, 0.15) is 18.1 Å². The Bertz CT molecular complexity index is 869. The molecule has 3 rings (SSSR count). The lowest BCUT2D eigenvalue weighted by molar-refractivity contribution is -0.120. The number of anilines is 1. The van der Waals surface area contributed by atoms with Gasteiger partial charge in [-0.2, -0.15) is 10.4 Å². The summed E-state index contributed by atoms with van der Waals surface area (Å²) < 4.78 is 1.69. The zero-order valence-electron chi connectivity index (χ0n) is 16.0. The van der Waals surface area contributed by atoms with E-state index in [-0.39, 0.29) is 36.4 Å². The van der Waals surface area contributed by atoms with Crippen LogP contribution in [-0.4, -0.2) is 52.7 Å². The monoisotopic (exact) mass is 493 g/mol. The summed E-state index contributed by atoms with van der Waals surface area (Å²) in [6.07, 6.45) is 3.55. The van der Waals surface area contributed by atoms with Gasteiger partial charge in [0.25, 0.3) is 0 Å². The van der Waals surface area contributed by atoms with Gasteiger partial charge in [0.05, 0.1) is 30.1 Å². The van der Waals surface area contributed by atoms with Crippen LogP contribution >= 0.6 is 24.0 Å². The van der Waals surface area contributed by atoms with Crippen molar-refractivity contribution in [2.75, 3.05) is 31.1 Å². The standard InChI is InChI=1S/C19H23N7O.HI/c1-3-21-19(22-11-16-6-4-15(10-20)5-7-16)25-8-9-26(18(27)14-25)17-12-23-24(2)13-17;/h4-7,12-13H,3,8-9,11,14H2,1-2H3,(H,21,22);1H. The van der Waals surface area contributed by atoms with E-state index in [1.54, 1.807) is 27.9 Å². The van der Waals surface area contributed by atoms with E-state index in [9.17, 15) is 4.79 Å². The number of amides is 1. The lowest BCUT2D eigenvalue weighted by Gasteiger charge is -2.35. The maximum atomic E-state index is 12.6. The van der Waals surface area contributed by atoms with Crippen LogP contribution in [0.4, 0.5) is 5.69 Å². The van der Waals surface area contributed by atoms with Gasteiger partial charge in [0, 0.05) is 32.9 Å². The summed E-state index contributed by atoms with van der Waals surface area (Å²) in [7, 11) is 1.84. The second-order valence-corrected chi connectivity index (χ2v) is 6.32. The summed E-state index contributed by atoms with van der Waals surface area (Å²) in [5.74, 6) is 0.749. The third-order valence-corrected chi connectivity index (χ3v) is 4.35. The molecule has 1 N–H and O–H groups in total. The number of rotatable bonds is 4. The zero-order valence-corrected chi connectivity index (χ0v) is 18.3. The lowest BCUT2D eigenvalue weighted by Crippen LogP contribution is -2.55. The number of hydrogen-bond acceptors (Lipinski definition) is 4. The molecule has 28 heavy (non-hydrogen) atoms. The van der Waals surface area contributed by atoms with Crippen molar-refractivity contribution in [2.45, 2.75) is 13.5 Å². The number of aryl methyl sites for hydroxylation is 1. The van der Waals surface area contributed by atoms with E-state index in [0.717, 1.165) is 23.8 Å². The van der Waals surface area contributed by atoms with Crippen LogP contribution in [0, 0.1) is 11.3 Å². The second kappa shape index (κ2) is 10.1. The number of hydrogen-bond donors (Lipinski definition) is 1. The molecule has 9 heteroatoms. The summed E-state index contributed by atoms with van der Waals surface area (Å²) in [6.45, 7) is 4.78. The van der Waals surface area contributed by atoms with Crippen LogP contribution in [0.5, 0.6) is 0 Å². The molecule has 0 spiro atoms. The Labute approximate surface area is 181 Å². The van der Waals surface area contributed by atoms with Crippen LogP contribution in [0.2, 0.25) is 0 Å². The average Bonchev–Trinajstić information content (AvgIpc) is 3.11. The van der Waals surface area contributed by atoms with E-state index in [1.165, 1.54) is 0 Å². The van der Waals surface area contributed by atoms with Gasteiger partial charge in [0.1, 0.15) is 6.54 Å². The summed E-state index contributed by atoms with van der Waals surface area (Å²) in [5.41, 5.74) is 2.47. The zero-order chi connectivity index (χ0) is 19.2. The molecule has 2 heterocycles. The molecule has 0 atom stereocenters. The normalized spacial score (nSPS) is 14.5. The predicted molar refractivity (Wildman–Crippen MR) is 119 cm³/mol. The van der Waals surface area contributed by atoms with E-state index in [2.05, 4.69) is 21.5 Å². The molecule has 0 aliphatic carbocycles. The highest BCUT2D eigenvalue weighted by molar-refractivity contribution is 14.0. The number of aliphatic imine (C=N–C) groups is 1. The van der Waals surface area contributed by atoms with E-state index in [0.29, 0.717) is 25.2 Å². The molecule has 1 fully saturated rings. The first-order valence-corrected chi connectivity index (χ1v) is 8.92. The molecule has 1 saturated heterocycles. The minimum absolute atomic E-state index is 0. The number of aromatic nitrogens is 2. The fourth-order valence-corrected chi connectivity index (χ4v) is 2.95. The van der Waals surface area contributed by atoms with Gasteiger partial charge in [-0.15, -0.1) is 24.0 Å². The molecule has 1 aromatic carbocycles. The van der Waals surface area contributed by atoms with E-state index >= 15 is 0 Å². The number of carbonyl (C=O) groups is 1. The molecule has 0 bridgehead atoms. The van der Waals surface area contributed by atoms with Gasteiger partial charge in [0.15, 0.2) is 5.96 Å². The third kappa shape index (κ3) is 5.22. The highest BCUT2D eigenvalue weighted by Gasteiger charge is 2.27. The smallest absolute Gasteiger partial charge is 0.246 e. The van der Waals surface area contributed by atoms with Crippen molar-refractivity contribution in [1.82, 2.24) is 20.0 Å². The molecule has 148 valence electrons. The average molecular weight is 493 g/mol. The third-order valence-electron chi connectivity index (χ3n) is 4.35. The molecular formula is C19H24IN7O. The number of piperazine rings is 1. The molecule has 1 aliphatic heterocycles. The van der Waals surface area contributed by atoms with Crippen LogP contribution in [0.3, 0.4) is 0 Å². The number of guanidine groups is 1. The Morgan fingerprint density at radius 2 is 2.07 bits per heavy atom. The maximum Gasteiger partial charge on any atom is 0.246 e. The first-order chi connectivity index (χ1) is 13.1. The van der Waals surface area contributed by atoms with Gasteiger partial charge in [-0.3, -0.25) is 9.48 Å².